The number of carbonyl (C=O) groups excluding carboxylic acids is 1. The first-order valence-electron chi connectivity index (χ1n) is 5.27. The predicted octanol–water partition coefficient (Wildman–Crippen LogP) is 4.64. The quantitative estimate of drug-likeness (QED) is 0.592. The SMILES string of the molecule is O=C(c1cccc(Cl)c1)C(Cl)c1ccc(F)cc1. The van der Waals surface area contributed by atoms with Crippen LogP contribution in [0.15, 0.2) is 48.5 Å². The fraction of sp³-hybridized carbons (Fsp3) is 0.0714. The second-order valence-electron chi connectivity index (χ2n) is 3.79. The van der Waals surface area contributed by atoms with Gasteiger partial charge in [0, 0.05) is 10.6 Å². The average molecular weight is 283 g/mol. The van der Waals surface area contributed by atoms with Crippen LogP contribution < -0.4 is 0 Å². The molecule has 0 radical (unpaired) electrons. The third kappa shape index (κ3) is 2.89. The maximum Gasteiger partial charge on any atom is 0.185 e. The first-order valence-corrected chi connectivity index (χ1v) is 6.08. The number of hydrogen-bond acceptors (Lipinski definition) is 1. The zero-order valence-corrected chi connectivity index (χ0v) is 10.8. The maximum atomic E-state index is 12.8. The summed E-state index contributed by atoms with van der Waals surface area (Å²) in [5.41, 5.74) is 0.995. The lowest BCUT2D eigenvalue weighted by Crippen LogP contribution is -2.07. The second-order valence-corrected chi connectivity index (χ2v) is 4.66. The lowest BCUT2D eigenvalue weighted by molar-refractivity contribution is 0.0987. The highest BCUT2D eigenvalue weighted by atomic mass is 35.5. The monoisotopic (exact) mass is 282 g/mol. The molecule has 0 spiro atoms. The third-order valence-electron chi connectivity index (χ3n) is 2.50. The van der Waals surface area contributed by atoms with E-state index in [0.717, 1.165) is 0 Å². The smallest absolute Gasteiger partial charge is 0.185 e. The summed E-state index contributed by atoms with van der Waals surface area (Å²) in [5, 5.41) is -0.368. The number of alkyl halides is 1. The van der Waals surface area contributed by atoms with Crippen LogP contribution >= 0.6 is 23.2 Å². The van der Waals surface area contributed by atoms with Crippen molar-refractivity contribution in [2.45, 2.75) is 5.38 Å². The van der Waals surface area contributed by atoms with Crippen LogP contribution in [0.3, 0.4) is 0 Å². The van der Waals surface area contributed by atoms with Gasteiger partial charge >= 0.3 is 0 Å². The summed E-state index contributed by atoms with van der Waals surface area (Å²) in [4.78, 5) is 12.1. The van der Waals surface area contributed by atoms with Crippen LogP contribution in [0.5, 0.6) is 0 Å². The molecule has 4 heteroatoms. The normalized spacial score (nSPS) is 12.2. The lowest BCUT2D eigenvalue weighted by Gasteiger charge is -2.09. The van der Waals surface area contributed by atoms with Gasteiger partial charge < -0.3 is 0 Å². The number of halogens is 3. The highest BCUT2D eigenvalue weighted by Gasteiger charge is 2.19. The van der Waals surface area contributed by atoms with E-state index in [0.29, 0.717) is 16.1 Å². The molecule has 2 rings (SSSR count). The number of Topliss-reactive ketones (excluding diaryl/α,β-unsaturated/α-hetero) is 1. The number of ketones is 1. The van der Waals surface area contributed by atoms with Crippen molar-refractivity contribution in [3.63, 3.8) is 0 Å². The number of benzene rings is 2. The van der Waals surface area contributed by atoms with E-state index in [1.807, 2.05) is 0 Å². The van der Waals surface area contributed by atoms with Crippen molar-refractivity contribution in [1.82, 2.24) is 0 Å². The van der Waals surface area contributed by atoms with E-state index >= 15 is 0 Å². The van der Waals surface area contributed by atoms with Crippen molar-refractivity contribution in [3.8, 4) is 0 Å². The van der Waals surface area contributed by atoms with Crippen molar-refractivity contribution >= 4 is 29.0 Å². The van der Waals surface area contributed by atoms with Crippen molar-refractivity contribution in [2.24, 2.45) is 0 Å². The van der Waals surface area contributed by atoms with Crippen LogP contribution in [0.25, 0.3) is 0 Å². The zero-order chi connectivity index (χ0) is 13.1. The Kier molecular flexibility index (Phi) is 4.00. The molecule has 0 amide bonds. The predicted molar refractivity (Wildman–Crippen MR) is 70.8 cm³/mol. The third-order valence-corrected chi connectivity index (χ3v) is 3.19. The first kappa shape index (κ1) is 13.1. The summed E-state index contributed by atoms with van der Waals surface area (Å²) in [6.07, 6.45) is 0. The first-order chi connectivity index (χ1) is 8.58. The fourth-order valence-corrected chi connectivity index (χ4v) is 2.03. The number of rotatable bonds is 3. The number of hydrogen-bond donors (Lipinski definition) is 0. The highest BCUT2D eigenvalue weighted by Crippen LogP contribution is 2.26. The van der Waals surface area contributed by atoms with E-state index in [9.17, 15) is 9.18 Å². The van der Waals surface area contributed by atoms with Crippen LogP contribution in [-0.4, -0.2) is 5.78 Å². The van der Waals surface area contributed by atoms with Crippen molar-refractivity contribution in [2.75, 3.05) is 0 Å². The molecule has 0 aliphatic carbocycles. The molecule has 0 aromatic heterocycles. The number of carbonyl (C=O) groups is 1. The Morgan fingerprint density at radius 3 is 2.39 bits per heavy atom. The van der Waals surface area contributed by atoms with Gasteiger partial charge in [0.1, 0.15) is 11.2 Å². The van der Waals surface area contributed by atoms with Gasteiger partial charge in [-0.25, -0.2) is 4.39 Å². The molecule has 2 aromatic carbocycles. The minimum atomic E-state index is -0.843. The van der Waals surface area contributed by atoms with E-state index in [1.54, 1.807) is 24.3 Å². The Bertz CT molecular complexity index is 566. The minimum Gasteiger partial charge on any atom is -0.292 e. The summed E-state index contributed by atoms with van der Waals surface area (Å²) < 4.78 is 12.8. The van der Waals surface area contributed by atoms with Gasteiger partial charge in [-0.15, -0.1) is 11.6 Å². The van der Waals surface area contributed by atoms with Crippen molar-refractivity contribution in [3.05, 3.63) is 70.5 Å². The van der Waals surface area contributed by atoms with Crippen LogP contribution in [0, 0.1) is 5.82 Å². The summed E-state index contributed by atoms with van der Waals surface area (Å²) >= 11 is 11.9. The average Bonchev–Trinajstić information content (AvgIpc) is 2.38. The summed E-state index contributed by atoms with van der Waals surface area (Å²) in [7, 11) is 0. The molecular formula is C14H9Cl2FO. The van der Waals surface area contributed by atoms with Gasteiger partial charge in [0.2, 0.25) is 0 Å². The fourth-order valence-electron chi connectivity index (χ4n) is 1.57. The molecule has 18 heavy (non-hydrogen) atoms. The molecule has 1 atom stereocenters. The van der Waals surface area contributed by atoms with Crippen LogP contribution in [0.4, 0.5) is 4.39 Å². The van der Waals surface area contributed by atoms with E-state index < -0.39 is 5.38 Å². The van der Waals surface area contributed by atoms with Crippen molar-refractivity contribution < 1.29 is 9.18 Å². The Labute approximate surface area is 114 Å². The highest BCUT2D eigenvalue weighted by molar-refractivity contribution is 6.35. The van der Waals surface area contributed by atoms with Gasteiger partial charge in [-0.05, 0) is 29.8 Å². The van der Waals surface area contributed by atoms with Gasteiger partial charge in [-0.1, -0.05) is 35.9 Å². The topological polar surface area (TPSA) is 17.1 Å². The Balaban J connectivity index is 2.26. The van der Waals surface area contributed by atoms with E-state index in [2.05, 4.69) is 0 Å². The van der Waals surface area contributed by atoms with Gasteiger partial charge in [0.25, 0.3) is 0 Å². The molecule has 0 N–H and O–H groups in total. The molecular weight excluding hydrogens is 274 g/mol. The largest absolute Gasteiger partial charge is 0.292 e. The zero-order valence-electron chi connectivity index (χ0n) is 9.24. The van der Waals surface area contributed by atoms with Gasteiger partial charge in [0.05, 0.1) is 0 Å². The van der Waals surface area contributed by atoms with E-state index in [4.69, 9.17) is 23.2 Å². The lowest BCUT2D eigenvalue weighted by atomic mass is 10.0. The molecule has 2 aromatic rings. The molecule has 0 saturated carbocycles. The Hall–Kier alpha value is -1.38. The molecule has 1 nitrogen and oxygen atoms in total. The molecule has 0 fully saturated rings. The molecule has 0 aliphatic heterocycles. The Morgan fingerprint density at radius 2 is 1.78 bits per heavy atom. The van der Waals surface area contributed by atoms with Gasteiger partial charge in [-0.2, -0.15) is 0 Å². The summed E-state index contributed by atoms with van der Waals surface area (Å²) in [5.74, 6) is -0.622. The van der Waals surface area contributed by atoms with E-state index in [1.165, 1.54) is 24.3 Å². The molecule has 1 unspecified atom stereocenters. The van der Waals surface area contributed by atoms with Gasteiger partial charge in [0.15, 0.2) is 5.78 Å². The van der Waals surface area contributed by atoms with Crippen LogP contribution in [0.1, 0.15) is 21.3 Å². The van der Waals surface area contributed by atoms with E-state index in [-0.39, 0.29) is 11.6 Å². The van der Waals surface area contributed by atoms with Gasteiger partial charge in [-0.3, -0.25) is 4.79 Å². The standard InChI is InChI=1S/C14H9Cl2FO/c15-11-3-1-2-10(8-11)14(18)13(16)9-4-6-12(17)7-5-9/h1-8,13H. The molecule has 0 heterocycles. The maximum absolute atomic E-state index is 12.8. The Morgan fingerprint density at radius 1 is 1.11 bits per heavy atom. The molecule has 92 valence electrons. The van der Waals surface area contributed by atoms with Crippen molar-refractivity contribution in [1.29, 1.82) is 0 Å². The summed E-state index contributed by atoms with van der Waals surface area (Å²) in [6.45, 7) is 0. The second kappa shape index (κ2) is 5.51. The van der Waals surface area contributed by atoms with Crippen LogP contribution in [0.2, 0.25) is 5.02 Å². The van der Waals surface area contributed by atoms with Crippen LogP contribution in [-0.2, 0) is 0 Å². The molecule has 0 aliphatic rings. The molecule has 0 saturated heterocycles. The molecule has 0 bridgehead atoms. The summed E-state index contributed by atoms with van der Waals surface area (Å²) in [6, 6.07) is 12.1. The minimum absolute atomic E-state index is 0.259.